The van der Waals surface area contributed by atoms with E-state index in [1.54, 1.807) is 42.5 Å². The number of ether oxygens (including phenoxy) is 2. The van der Waals surface area contributed by atoms with Crippen molar-refractivity contribution in [2.45, 2.75) is 6.42 Å². The van der Waals surface area contributed by atoms with Crippen molar-refractivity contribution in [1.82, 2.24) is 0 Å². The molecule has 2 rings (SSSR count). The molecule has 0 unspecified atom stereocenters. The summed E-state index contributed by atoms with van der Waals surface area (Å²) in [5.41, 5.74) is 0.546. The normalized spacial score (nSPS) is 10.1. The first-order chi connectivity index (χ1) is 9.61. The maximum atomic E-state index is 10.8. The molecular weight excluding hydrogens is 280 g/mol. The number of hydrogen-bond donors (Lipinski definition) is 1. The van der Waals surface area contributed by atoms with Crippen LogP contribution in [0.3, 0.4) is 0 Å². The molecule has 0 saturated carbocycles. The number of carboxylic acids is 1. The zero-order chi connectivity index (χ0) is 14.5. The Morgan fingerprint density at radius 1 is 1.15 bits per heavy atom. The second-order valence-corrected chi connectivity index (χ2v) is 4.46. The van der Waals surface area contributed by atoms with Crippen molar-refractivity contribution in [1.29, 1.82) is 0 Å². The first kappa shape index (κ1) is 14.2. The maximum Gasteiger partial charge on any atom is 0.307 e. The molecule has 1 N–H and O–H groups in total. The number of aliphatic carboxylic acids is 1. The van der Waals surface area contributed by atoms with Crippen LogP contribution in [0.2, 0.25) is 5.02 Å². The molecule has 2 aromatic carbocycles. The summed E-state index contributed by atoms with van der Waals surface area (Å²) in [5.74, 6) is 0.382. The van der Waals surface area contributed by atoms with E-state index >= 15 is 0 Å². The Hall–Kier alpha value is -2.20. The first-order valence-electron chi connectivity index (χ1n) is 5.92. The summed E-state index contributed by atoms with van der Waals surface area (Å²) in [4.78, 5) is 10.8. The number of methoxy groups -OCH3 is 1. The Labute approximate surface area is 121 Å². The Morgan fingerprint density at radius 2 is 1.85 bits per heavy atom. The van der Waals surface area contributed by atoms with Crippen LogP contribution < -0.4 is 9.47 Å². The van der Waals surface area contributed by atoms with Gasteiger partial charge in [0.2, 0.25) is 0 Å². The van der Waals surface area contributed by atoms with Crippen LogP contribution in [0.5, 0.6) is 17.2 Å². The van der Waals surface area contributed by atoms with Crippen molar-refractivity contribution in [2.24, 2.45) is 0 Å². The van der Waals surface area contributed by atoms with Gasteiger partial charge in [0.15, 0.2) is 11.5 Å². The third-order valence-corrected chi connectivity index (χ3v) is 2.98. The average Bonchev–Trinajstić information content (AvgIpc) is 2.41. The fraction of sp³-hybridized carbons (Fsp3) is 0.133. The number of carboxylic acid groups (broad SMARTS) is 1. The van der Waals surface area contributed by atoms with Crippen LogP contribution in [0.25, 0.3) is 0 Å². The molecule has 104 valence electrons. The van der Waals surface area contributed by atoms with E-state index in [1.165, 1.54) is 7.11 Å². The summed E-state index contributed by atoms with van der Waals surface area (Å²) < 4.78 is 11.0. The standard InChI is InChI=1S/C15H13ClO4/c1-19-15-10(9-14(17)18)5-4-8-13(15)20-12-7-3-2-6-11(12)16/h2-8H,9H2,1H3,(H,17,18). The summed E-state index contributed by atoms with van der Waals surface area (Å²) in [6.07, 6.45) is -0.136. The topological polar surface area (TPSA) is 55.8 Å². The Bertz CT molecular complexity index is 625. The number of halogens is 1. The molecule has 20 heavy (non-hydrogen) atoms. The number of carbonyl (C=O) groups is 1. The molecule has 0 fully saturated rings. The van der Waals surface area contributed by atoms with Gasteiger partial charge in [-0.3, -0.25) is 4.79 Å². The lowest BCUT2D eigenvalue weighted by Crippen LogP contribution is -2.03. The summed E-state index contributed by atoms with van der Waals surface area (Å²) in [7, 11) is 1.47. The lowest BCUT2D eigenvalue weighted by Gasteiger charge is -2.14. The van der Waals surface area contributed by atoms with Crippen LogP contribution >= 0.6 is 11.6 Å². The van der Waals surface area contributed by atoms with E-state index in [9.17, 15) is 4.79 Å². The molecule has 0 radical (unpaired) electrons. The van der Waals surface area contributed by atoms with Gasteiger partial charge in [-0.2, -0.15) is 0 Å². The largest absolute Gasteiger partial charge is 0.493 e. The Morgan fingerprint density at radius 3 is 2.50 bits per heavy atom. The molecule has 0 bridgehead atoms. The monoisotopic (exact) mass is 292 g/mol. The third kappa shape index (κ3) is 3.22. The fourth-order valence-electron chi connectivity index (χ4n) is 1.82. The van der Waals surface area contributed by atoms with E-state index in [0.717, 1.165) is 0 Å². The molecule has 0 aliphatic heterocycles. The third-order valence-electron chi connectivity index (χ3n) is 2.66. The number of hydrogen-bond acceptors (Lipinski definition) is 3. The van der Waals surface area contributed by atoms with Crippen LogP contribution in [0.15, 0.2) is 42.5 Å². The first-order valence-corrected chi connectivity index (χ1v) is 6.29. The Kier molecular flexibility index (Phi) is 4.48. The van der Waals surface area contributed by atoms with Crippen molar-refractivity contribution in [3.05, 3.63) is 53.1 Å². The van der Waals surface area contributed by atoms with Crippen molar-refractivity contribution in [3.8, 4) is 17.2 Å². The van der Waals surface area contributed by atoms with E-state index in [2.05, 4.69) is 0 Å². The predicted octanol–water partition coefficient (Wildman–Crippen LogP) is 3.77. The van der Waals surface area contributed by atoms with Gasteiger partial charge in [-0.1, -0.05) is 35.9 Å². The number of para-hydroxylation sites is 2. The van der Waals surface area contributed by atoms with Gasteiger partial charge in [0, 0.05) is 5.56 Å². The smallest absolute Gasteiger partial charge is 0.307 e. The molecule has 0 atom stereocenters. The molecule has 0 aliphatic carbocycles. The van der Waals surface area contributed by atoms with E-state index in [4.69, 9.17) is 26.2 Å². The highest BCUT2D eigenvalue weighted by Gasteiger charge is 2.14. The summed E-state index contributed by atoms with van der Waals surface area (Å²) in [6.45, 7) is 0. The van der Waals surface area contributed by atoms with Gasteiger partial charge in [0.05, 0.1) is 18.6 Å². The molecule has 0 saturated heterocycles. The Balaban J connectivity index is 2.37. The minimum absolute atomic E-state index is 0.136. The van der Waals surface area contributed by atoms with Gasteiger partial charge in [0.25, 0.3) is 0 Å². The summed E-state index contributed by atoms with van der Waals surface area (Å²) in [6, 6.07) is 12.1. The van der Waals surface area contributed by atoms with E-state index in [1.807, 2.05) is 0 Å². The fourth-order valence-corrected chi connectivity index (χ4v) is 2.00. The van der Waals surface area contributed by atoms with E-state index in [0.29, 0.717) is 27.8 Å². The summed E-state index contributed by atoms with van der Waals surface area (Å²) in [5, 5.41) is 9.36. The minimum Gasteiger partial charge on any atom is -0.493 e. The molecule has 0 heterocycles. The highest BCUT2D eigenvalue weighted by atomic mass is 35.5. The quantitative estimate of drug-likeness (QED) is 0.911. The van der Waals surface area contributed by atoms with Crippen molar-refractivity contribution in [3.63, 3.8) is 0 Å². The number of rotatable bonds is 5. The van der Waals surface area contributed by atoms with Crippen molar-refractivity contribution in [2.75, 3.05) is 7.11 Å². The van der Waals surface area contributed by atoms with Crippen molar-refractivity contribution < 1.29 is 19.4 Å². The van der Waals surface area contributed by atoms with Crippen molar-refractivity contribution >= 4 is 17.6 Å². The van der Waals surface area contributed by atoms with Crippen LogP contribution in [0, 0.1) is 0 Å². The highest BCUT2D eigenvalue weighted by molar-refractivity contribution is 6.32. The molecule has 0 spiro atoms. The van der Waals surface area contributed by atoms with Crippen LogP contribution in [0.1, 0.15) is 5.56 Å². The zero-order valence-electron chi connectivity index (χ0n) is 10.8. The van der Waals surface area contributed by atoms with Crippen LogP contribution in [-0.2, 0) is 11.2 Å². The minimum atomic E-state index is -0.932. The molecular formula is C15H13ClO4. The van der Waals surface area contributed by atoms with Crippen LogP contribution in [0.4, 0.5) is 0 Å². The van der Waals surface area contributed by atoms with E-state index < -0.39 is 5.97 Å². The maximum absolute atomic E-state index is 10.8. The molecule has 0 amide bonds. The lowest BCUT2D eigenvalue weighted by molar-refractivity contribution is -0.136. The van der Waals surface area contributed by atoms with Crippen LogP contribution in [-0.4, -0.2) is 18.2 Å². The van der Waals surface area contributed by atoms with E-state index in [-0.39, 0.29) is 6.42 Å². The molecule has 5 heteroatoms. The SMILES string of the molecule is COc1c(CC(=O)O)cccc1Oc1ccccc1Cl. The second-order valence-electron chi connectivity index (χ2n) is 4.05. The molecule has 0 aliphatic rings. The predicted molar refractivity (Wildman–Crippen MR) is 75.9 cm³/mol. The van der Waals surface area contributed by atoms with Gasteiger partial charge in [-0.15, -0.1) is 0 Å². The zero-order valence-corrected chi connectivity index (χ0v) is 11.6. The molecule has 0 aromatic heterocycles. The van der Waals surface area contributed by atoms with Gasteiger partial charge >= 0.3 is 5.97 Å². The molecule has 2 aromatic rings. The van der Waals surface area contributed by atoms with Gasteiger partial charge in [-0.25, -0.2) is 0 Å². The van der Waals surface area contributed by atoms with Gasteiger partial charge in [-0.05, 0) is 18.2 Å². The lowest BCUT2D eigenvalue weighted by atomic mass is 10.1. The number of benzene rings is 2. The van der Waals surface area contributed by atoms with Gasteiger partial charge < -0.3 is 14.6 Å². The van der Waals surface area contributed by atoms with Gasteiger partial charge in [0.1, 0.15) is 5.75 Å². The average molecular weight is 293 g/mol. The summed E-state index contributed by atoms with van der Waals surface area (Å²) >= 11 is 6.03. The highest BCUT2D eigenvalue weighted by Crippen LogP contribution is 2.37. The second kappa shape index (κ2) is 6.30. The molecule has 4 nitrogen and oxygen atoms in total.